The van der Waals surface area contributed by atoms with Gasteiger partial charge < -0.3 is 15.1 Å². The maximum absolute atomic E-state index is 13.2. The minimum atomic E-state index is -0.665. The Balaban J connectivity index is 1.56. The van der Waals surface area contributed by atoms with Crippen LogP contribution in [-0.4, -0.2) is 64.9 Å². The molecule has 0 fully saturated rings. The van der Waals surface area contributed by atoms with Gasteiger partial charge in [0.25, 0.3) is 0 Å². The number of aryl methyl sites for hydroxylation is 1. The lowest BCUT2D eigenvalue weighted by molar-refractivity contribution is 0.0993. The summed E-state index contributed by atoms with van der Waals surface area (Å²) in [4.78, 5) is 35.5. The van der Waals surface area contributed by atoms with Crippen molar-refractivity contribution >= 4 is 34.3 Å². The fraction of sp³-hybridized carbons (Fsp3) is 0.355. The first-order valence-electron chi connectivity index (χ1n) is 13.3. The second-order valence-electron chi connectivity index (χ2n) is 10.9. The molecule has 2 aromatic carbocycles. The van der Waals surface area contributed by atoms with Crippen molar-refractivity contribution in [3.8, 4) is 6.07 Å². The number of hydrogen-bond donors (Lipinski definition) is 1. The number of anilines is 3. The molecule has 4 rings (SSSR count). The molecule has 0 unspecified atom stereocenters. The molecule has 0 atom stereocenters. The van der Waals surface area contributed by atoms with Gasteiger partial charge in [-0.15, -0.1) is 0 Å². The number of fused-ring (bicyclic) bond motifs is 1. The van der Waals surface area contributed by atoms with Gasteiger partial charge in [0.1, 0.15) is 17.4 Å². The average molecular weight is 537 g/mol. The number of nitrogens with zero attached hydrogens (tertiary/aromatic N) is 7. The molecule has 1 N–H and O–H groups in total. The van der Waals surface area contributed by atoms with Gasteiger partial charge in [-0.1, -0.05) is 30.3 Å². The standard InChI is InChI=1S/C31H36N8O/c1-21-11-12-22(16-27(40)23-9-7-10-24(17-23)31(2,3)19-32)15-25(21)36-29-28-26(34-20-35-29)18-33-30(37-28)39(6)14-8-13-38(4)5/h7,9-12,15,17-18,20H,8,13-14,16H2,1-6H3,(H,34,35,36). The summed E-state index contributed by atoms with van der Waals surface area (Å²) in [7, 11) is 6.10. The van der Waals surface area contributed by atoms with E-state index >= 15 is 0 Å². The van der Waals surface area contributed by atoms with E-state index in [1.165, 1.54) is 6.33 Å². The fourth-order valence-electron chi connectivity index (χ4n) is 4.32. The molecule has 0 bridgehead atoms. The monoisotopic (exact) mass is 536 g/mol. The number of carbonyl (C=O) groups excluding carboxylic acids is 1. The van der Waals surface area contributed by atoms with E-state index in [0.717, 1.165) is 41.9 Å². The van der Waals surface area contributed by atoms with Crippen molar-refractivity contribution < 1.29 is 4.79 Å². The average Bonchev–Trinajstić information content (AvgIpc) is 2.94. The van der Waals surface area contributed by atoms with Crippen molar-refractivity contribution in [2.45, 2.75) is 39.0 Å². The van der Waals surface area contributed by atoms with Crippen LogP contribution in [0.4, 0.5) is 17.5 Å². The van der Waals surface area contributed by atoms with Crippen molar-refractivity contribution in [1.82, 2.24) is 24.8 Å². The predicted octanol–water partition coefficient (Wildman–Crippen LogP) is 5.09. The van der Waals surface area contributed by atoms with Crippen LogP contribution < -0.4 is 10.2 Å². The second kappa shape index (κ2) is 12.2. The molecular formula is C31H36N8O. The Morgan fingerprint density at radius 3 is 2.60 bits per heavy atom. The smallest absolute Gasteiger partial charge is 0.225 e. The van der Waals surface area contributed by atoms with Gasteiger partial charge in [-0.2, -0.15) is 5.26 Å². The maximum Gasteiger partial charge on any atom is 0.225 e. The number of benzene rings is 2. The summed E-state index contributed by atoms with van der Waals surface area (Å²) in [5, 5.41) is 12.9. The van der Waals surface area contributed by atoms with Crippen molar-refractivity contribution in [3.63, 3.8) is 0 Å². The van der Waals surface area contributed by atoms with Crippen LogP contribution in [0.5, 0.6) is 0 Å². The molecule has 4 aromatic rings. The Hall–Kier alpha value is -4.42. The van der Waals surface area contributed by atoms with Gasteiger partial charge in [-0.25, -0.2) is 19.9 Å². The van der Waals surface area contributed by atoms with E-state index in [2.05, 4.69) is 45.3 Å². The molecule has 0 radical (unpaired) electrons. The molecule has 0 saturated carbocycles. The summed E-state index contributed by atoms with van der Waals surface area (Å²) >= 11 is 0. The molecule has 9 nitrogen and oxygen atoms in total. The fourth-order valence-corrected chi connectivity index (χ4v) is 4.32. The maximum atomic E-state index is 13.2. The zero-order valence-corrected chi connectivity index (χ0v) is 24.1. The van der Waals surface area contributed by atoms with Crippen LogP contribution in [0.15, 0.2) is 55.0 Å². The molecule has 0 aliphatic carbocycles. The highest BCUT2D eigenvalue weighted by Crippen LogP contribution is 2.27. The number of carbonyl (C=O) groups is 1. The molecule has 0 aliphatic heterocycles. The molecule has 40 heavy (non-hydrogen) atoms. The Morgan fingerprint density at radius 1 is 1.05 bits per heavy atom. The van der Waals surface area contributed by atoms with Crippen LogP contribution in [0, 0.1) is 18.3 Å². The quantitative estimate of drug-likeness (QED) is 0.262. The Kier molecular flexibility index (Phi) is 8.70. The number of nitrogens with one attached hydrogen (secondary N) is 1. The largest absolute Gasteiger partial charge is 0.344 e. The molecule has 0 saturated heterocycles. The third kappa shape index (κ3) is 6.77. The number of hydrogen-bond acceptors (Lipinski definition) is 9. The van der Waals surface area contributed by atoms with Crippen molar-refractivity contribution in [2.24, 2.45) is 0 Å². The first-order chi connectivity index (χ1) is 19.1. The highest BCUT2D eigenvalue weighted by molar-refractivity contribution is 5.98. The number of ketones is 1. The summed E-state index contributed by atoms with van der Waals surface area (Å²) in [6.07, 6.45) is 4.44. The van der Waals surface area contributed by atoms with Crippen molar-refractivity contribution in [2.75, 3.05) is 44.4 Å². The van der Waals surface area contributed by atoms with Gasteiger partial charge in [-0.05, 0) is 76.7 Å². The van der Waals surface area contributed by atoms with Crippen LogP contribution >= 0.6 is 0 Å². The van der Waals surface area contributed by atoms with Gasteiger partial charge in [0.2, 0.25) is 5.95 Å². The first kappa shape index (κ1) is 28.6. The highest BCUT2D eigenvalue weighted by Gasteiger charge is 2.21. The van der Waals surface area contributed by atoms with Crippen molar-refractivity contribution in [3.05, 3.63) is 77.2 Å². The minimum absolute atomic E-state index is 0.00688. The van der Waals surface area contributed by atoms with Gasteiger partial charge >= 0.3 is 0 Å². The summed E-state index contributed by atoms with van der Waals surface area (Å²) in [5.41, 5.74) is 4.75. The van der Waals surface area contributed by atoms with Crippen LogP contribution in [0.3, 0.4) is 0 Å². The van der Waals surface area contributed by atoms with Gasteiger partial charge in [-0.3, -0.25) is 4.79 Å². The normalized spacial score (nSPS) is 11.4. The molecule has 0 aliphatic rings. The molecular weight excluding hydrogens is 500 g/mol. The molecule has 0 spiro atoms. The number of Topliss-reactive ketones (excluding diaryl/α,β-unsaturated/α-hetero) is 1. The van der Waals surface area contributed by atoms with E-state index in [1.807, 2.05) is 69.1 Å². The number of nitriles is 1. The molecule has 2 aromatic heterocycles. The lowest BCUT2D eigenvalue weighted by Gasteiger charge is -2.19. The molecule has 9 heteroatoms. The van der Waals surface area contributed by atoms with Gasteiger partial charge in [0.15, 0.2) is 11.6 Å². The third-order valence-electron chi connectivity index (χ3n) is 6.91. The van der Waals surface area contributed by atoms with Gasteiger partial charge in [0.05, 0.1) is 17.7 Å². The van der Waals surface area contributed by atoms with E-state index < -0.39 is 5.41 Å². The van der Waals surface area contributed by atoms with E-state index in [0.29, 0.717) is 28.4 Å². The summed E-state index contributed by atoms with van der Waals surface area (Å²) in [6.45, 7) is 7.51. The van der Waals surface area contributed by atoms with E-state index in [1.54, 1.807) is 12.3 Å². The molecule has 2 heterocycles. The minimum Gasteiger partial charge on any atom is -0.344 e. The van der Waals surface area contributed by atoms with E-state index in [4.69, 9.17) is 4.98 Å². The van der Waals surface area contributed by atoms with Crippen LogP contribution in [0.1, 0.15) is 47.3 Å². The van der Waals surface area contributed by atoms with E-state index in [-0.39, 0.29) is 12.2 Å². The Bertz CT molecular complexity index is 1560. The van der Waals surface area contributed by atoms with Crippen LogP contribution in [0.2, 0.25) is 0 Å². The Labute approximate surface area is 235 Å². The summed E-state index contributed by atoms with van der Waals surface area (Å²) in [6, 6.07) is 15.6. The SMILES string of the molecule is Cc1ccc(CC(=O)c2cccc(C(C)(C)C#N)c2)cc1Nc1ncnc2cnc(N(C)CCCN(C)C)nc12. The zero-order valence-electron chi connectivity index (χ0n) is 24.1. The first-order valence-corrected chi connectivity index (χ1v) is 13.3. The zero-order chi connectivity index (χ0) is 28.9. The van der Waals surface area contributed by atoms with Gasteiger partial charge in [0, 0.05) is 31.3 Å². The second-order valence-corrected chi connectivity index (χ2v) is 10.9. The Morgan fingerprint density at radius 2 is 1.85 bits per heavy atom. The highest BCUT2D eigenvalue weighted by atomic mass is 16.1. The summed E-state index contributed by atoms with van der Waals surface area (Å²) in [5.74, 6) is 1.18. The van der Waals surface area contributed by atoms with Crippen LogP contribution in [-0.2, 0) is 11.8 Å². The van der Waals surface area contributed by atoms with E-state index in [9.17, 15) is 10.1 Å². The van der Waals surface area contributed by atoms with Crippen LogP contribution in [0.25, 0.3) is 11.0 Å². The number of aromatic nitrogens is 4. The molecule has 206 valence electrons. The lowest BCUT2D eigenvalue weighted by atomic mass is 9.85. The topological polar surface area (TPSA) is 111 Å². The third-order valence-corrected chi connectivity index (χ3v) is 6.91. The number of rotatable bonds is 11. The molecule has 0 amide bonds. The lowest BCUT2D eigenvalue weighted by Crippen LogP contribution is -2.24. The summed E-state index contributed by atoms with van der Waals surface area (Å²) < 4.78 is 0. The van der Waals surface area contributed by atoms with Crippen molar-refractivity contribution in [1.29, 1.82) is 5.26 Å². The predicted molar refractivity (Wildman–Crippen MR) is 159 cm³/mol.